The second-order valence-electron chi connectivity index (χ2n) is 11.4. The van der Waals surface area contributed by atoms with Gasteiger partial charge in [0, 0.05) is 5.56 Å². The van der Waals surface area contributed by atoms with Gasteiger partial charge in [-0.3, -0.25) is 4.74 Å². The van der Waals surface area contributed by atoms with Crippen molar-refractivity contribution in [3.05, 3.63) is 156 Å². The number of hydrogen-bond acceptors (Lipinski definition) is 10. The second kappa shape index (κ2) is 15.8. The van der Waals surface area contributed by atoms with Gasteiger partial charge in [-0.05, 0) is 49.2 Å². The van der Waals surface area contributed by atoms with Crippen LogP contribution in [0, 0.1) is 0 Å². The lowest BCUT2D eigenvalue weighted by Crippen LogP contribution is -2.60. The van der Waals surface area contributed by atoms with Gasteiger partial charge in [-0.15, -0.1) is 6.58 Å². The maximum Gasteiger partial charge on any atom is 0.338 e. The van der Waals surface area contributed by atoms with Gasteiger partial charge in [0.15, 0.2) is 24.6 Å². The van der Waals surface area contributed by atoms with Crippen molar-refractivity contribution in [2.75, 3.05) is 13.2 Å². The molecule has 2 saturated heterocycles. The number of unbranched alkanes of at least 4 members (excludes halogenated alkanes) is 1. The molecule has 0 amide bonds. The lowest BCUT2D eigenvalue weighted by molar-refractivity contribution is -0.367. The number of hydrogen-bond donors (Lipinski definition) is 0. The van der Waals surface area contributed by atoms with Crippen molar-refractivity contribution >= 4 is 17.9 Å². The van der Waals surface area contributed by atoms with E-state index in [1.54, 1.807) is 109 Å². The molecule has 0 saturated carbocycles. The van der Waals surface area contributed by atoms with Gasteiger partial charge >= 0.3 is 23.9 Å². The molecule has 0 bridgehead atoms. The van der Waals surface area contributed by atoms with Crippen LogP contribution in [0.25, 0.3) is 0 Å². The average Bonchev–Trinajstić information content (AvgIpc) is 3.54. The monoisotopic (exact) mass is 664 g/mol. The molecular formula is C39H36O10. The van der Waals surface area contributed by atoms with E-state index >= 15 is 0 Å². The van der Waals surface area contributed by atoms with E-state index in [-0.39, 0.29) is 24.3 Å². The van der Waals surface area contributed by atoms with E-state index in [9.17, 15) is 14.4 Å². The van der Waals surface area contributed by atoms with Crippen LogP contribution in [-0.2, 0) is 39.1 Å². The Kier molecular flexibility index (Phi) is 10.9. The van der Waals surface area contributed by atoms with Gasteiger partial charge in [0.2, 0.25) is 0 Å². The minimum absolute atomic E-state index is 0.235. The van der Waals surface area contributed by atoms with Crippen LogP contribution in [0.2, 0.25) is 0 Å². The largest absolute Gasteiger partial charge is 0.459 e. The SMILES string of the molecule is C=CCCCOC1(c2ccccc2)O[C@H]2O[C@H](COC(=O)c3ccccc3)[C@H](OC(=O)c3ccccc3)[C@H](OC(=O)c3ccccc3)[C@H]2O1. The lowest BCUT2D eigenvalue weighted by Gasteiger charge is -2.41. The minimum atomic E-state index is -1.77. The number of allylic oxidation sites excluding steroid dienone is 1. The van der Waals surface area contributed by atoms with Crippen LogP contribution in [0.5, 0.6) is 0 Å². The molecule has 0 aromatic heterocycles. The van der Waals surface area contributed by atoms with E-state index in [1.165, 1.54) is 0 Å². The third-order valence-corrected chi connectivity index (χ3v) is 8.02. The molecule has 6 rings (SSSR count). The molecular weight excluding hydrogens is 628 g/mol. The van der Waals surface area contributed by atoms with Gasteiger partial charge in [0.05, 0.1) is 23.3 Å². The highest BCUT2D eigenvalue weighted by molar-refractivity contribution is 5.91. The maximum atomic E-state index is 13.6. The molecule has 6 atom stereocenters. The van der Waals surface area contributed by atoms with Gasteiger partial charge in [0.1, 0.15) is 12.7 Å². The van der Waals surface area contributed by atoms with Crippen molar-refractivity contribution < 1.29 is 47.5 Å². The molecule has 2 aliphatic rings. The first kappa shape index (κ1) is 33.8. The van der Waals surface area contributed by atoms with Crippen LogP contribution >= 0.6 is 0 Å². The van der Waals surface area contributed by atoms with E-state index in [0.29, 0.717) is 24.0 Å². The average molecular weight is 665 g/mol. The molecule has 10 nitrogen and oxygen atoms in total. The van der Waals surface area contributed by atoms with Crippen molar-refractivity contribution in [3.8, 4) is 0 Å². The zero-order chi connectivity index (χ0) is 34.1. The van der Waals surface area contributed by atoms with Crippen molar-refractivity contribution in [2.24, 2.45) is 0 Å². The number of esters is 3. The van der Waals surface area contributed by atoms with Crippen LogP contribution in [0.3, 0.4) is 0 Å². The smallest absolute Gasteiger partial charge is 0.338 e. The Labute approximate surface area is 284 Å². The van der Waals surface area contributed by atoms with E-state index in [4.69, 9.17) is 33.2 Å². The Bertz CT molecular complexity index is 1700. The highest BCUT2D eigenvalue weighted by Crippen LogP contribution is 2.45. The number of rotatable bonds is 13. The fraction of sp³-hybridized carbons (Fsp3) is 0.256. The van der Waals surface area contributed by atoms with Crippen molar-refractivity contribution in [3.63, 3.8) is 0 Å². The molecule has 1 unspecified atom stereocenters. The first-order chi connectivity index (χ1) is 24.0. The Hall–Kier alpha value is -5.13. The van der Waals surface area contributed by atoms with Crippen molar-refractivity contribution in [1.82, 2.24) is 0 Å². The van der Waals surface area contributed by atoms with Crippen LogP contribution < -0.4 is 0 Å². The van der Waals surface area contributed by atoms with Crippen molar-refractivity contribution in [2.45, 2.75) is 49.5 Å². The molecule has 4 aromatic carbocycles. The van der Waals surface area contributed by atoms with Gasteiger partial charge in [0.25, 0.3) is 0 Å². The number of carbonyl (C=O) groups is 3. The zero-order valence-corrected chi connectivity index (χ0v) is 26.6. The number of fused-ring (bicyclic) bond motifs is 1. The van der Waals surface area contributed by atoms with Crippen LogP contribution in [0.15, 0.2) is 134 Å². The number of carbonyl (C=O) groups excluding carboxylic acids is 3. The van der Waals surface area contributed by atoms with Crippen molar-refractivity contribution in [1.29, 1.82) is 0 Å². The Morgan fingerprint density at radius 2 is 1.18 bits per heavy atom. The van der Waals surface area contributed by atoms with E-state index in [1.807, 2.05) is 18.2 Å². The standard InChI is InChI=1S/C39H36O10/c1-2-3-16-25-44-39(30-23-14-7-15-24-30)48-34-33(47-37(42)29-21-12-6-13-22-29)32(46-36(41)28-19-10-5-11-20-28)31(45-38(34)49-39)26-43-35(40)27-17-8-4-9-18-27/h2,4-15,17-24,31-34,38H,1,3,16,25-26H2/t31-,32+,33+,34-,38-,39?/m1/s1. The predicted molar refractivity (Wildman–Crippen MR) is 176 cm³/mol. The summed E-state index contributed by atoms with van der Waals surface area (Å²) >= 11 is 0. The number of ether oxygens (including phenoxy) is 7. The molecule has 4 aromatic rings. The van der Waals surface area contributed by atoms with Crippen LogP contribution in [0.4, 0.5) is 0 Å². The molecule has 0 spiro atoms. The minimum Gasteiger partial charge on any atom is -0.459 e. The van der Waals surface area contributed by atoms with E-state index < -0.39 is 54.6 Å². The normalized spacial score (nSPS) is 24.3. The summed E-state index contributed by atoms with van der Waals surface area (Å²) in [6, 6.07) is 34.2. The Morgan fingerprint density at radius 1 is 0.673 bits per heavy atom. The maximum absolute atomic E-state index is 13.6. The van der Waals surface area contributed by atoms with Gasteiger partial charge in [-0.25, -0.2) is 14.4 Å². The fourth-order valence-electron chi connectivity index (χ4n) is 5.58. The molecule has 10 heteroatoms. The molecule has 0 N–H and O–H groups in total. The Morgan fingerprint density at radius 3 is 1.73 bits per heavy atom. The summed E-state index contributed by atoms with van der Waals surface area (Å²) in [5.41, 5.74) is 1.37. The van der Waals surface area contributed by atoms with Gasteiger partial charge in [-0.1, -0.05) is 91.0 Å². The lowest BCUT2D eigenvalue weighted by atomic mass is 9.98. The quantitative estimate of drug-likeness (QED) is 0.0705. The summed E-state index contributed by atoms with van der Waals surface area (Å²) in [7, 11) is 0. The van der Waals surface area contributed by atoms with Gasteiger partial charge < -0.3 is 28.4 Å². The summed E-state index contributed by atoms with van der Waals surface area (Å²) in [5, 5.41) is 0. The summed E-state index contributed by atoms with van der Waals surface area (Å²) in [6.07, 6.45) is -2.97. The first-order valence-corrected chi connectivity index (χ1v) is 16.0. The molecule has 2 fully saturated rings. The highest BCUT2D eigenvalue weighted by atomic mass is 16.9. The third kappa shape index (κ3) is 7.96. The summed E-state index contributed by atoms with van der Waals surface area (Å²) < 4.78 is 43.5. The summed E-state index contributed by atoms with van der Waals surface area (Å²) in [6.45, 7) is 3.64. The van der Waals surface area contributed by atoms with Crippen LogP contribution in [0.1, 0.15) is 49.5 Å². The van der Waals surface area contributed by atoms with E-state index in [2.05, 4.69) is 6.58 Å². The predicted octanol–water partition coefficient (Wildman–Crippen LogP) is 6.23. The zero-order valence-electron chi connectivity index (χ0n) is 26.6. The summed E-state index contributed by atoms with van der Waals surface area (Å²) in [4.78, 5) is 40.2. The third-order valence-electron chi connectivity index (χ3n) is 8.02. The Balaban J connectivity index is 1.37. The molecule has 2 heterocycles. The molecule has 0 radical (unpaired) electrons. The number of benzene rings is 4. The van der Waals surface area contributed by atoms with Gasteiger partial charge in [-0.2, -0.15) is 0 Å². The molecule has 2 aliphatic heterocycles. The van der Waals surface area contributed by atoms with Crippen LogP contribution in [-0.4, -0.2) is 61.8 Å². The van der Waals surface area contributed by atoms with E-state index in [0.717, 1.165) is 0 Å². The summed E-state index contributed by atoms with van der Waals surface area (Å²) in [5.74, 6) is -3.79. The fourth-order valence-corrected chi connectivity index (χ4v) is 5.58. The highest BCUT2D eigenvalue weighted by Gasteiger charge is 2.62. The molecule has 49 heavy (non-hydrogen) atoms. The molecule has 0 aliphatic carbocycles. The first-order valence-electron chi connectivity index (χ1n) is 16.0. The molecule has 252 valence electrons. The second-order valence-corrected chi connectivity index (χ2v) is 11.4. The topological polar surface area (TPSA) is 116 Å².